The molecule has 2 aromatic carbocycles. The zero-order valence-corrected chi connectivity index (χ0v) is 14.6. The number of rotatable bonds is 6. The van der Waals surface area contributed by atoms with Gasteiger partial charge in [0.05, 0.1) is 6.21 Å². The molecule has 0 aliphatic rings. The van der Waals surface area contributed by atoms with E-state index in [0.717, 1.165) is 16.9 Å². The van der Waals surface area contributed by atoms with Crippen LogP contribution in [0.15, 0.2) is 78.2 Å². The van der Waals surface area contributed by atoms with Crippen LogP contribution < -0.4 is 10.2 Å². The Bertz CT molecular complexity index is 879. The minimum Gasteiger partial charge on any atom is -0.489 e. The van der Waals surface area contributed by atoms with Crippen LogP contribution in [0.3, 0.4) is 0 Å². The van der Waals surface area contributed by atoms with Gasteiger partial charge in [0.2, 0.25) is 0 Å². The molecule has 0 saturated carbocycles. The Morgan fingerprint density at radius 1 is 1.04 bits per heavy atom. The number of carbonyl (C=O) groups excluding carboxylic acids is 1. The van der Waals surface area contributed by atoms with Gasteiger partial charge >= 0.3 is 0 Å². The predicted molar refractivity (Wildman–Crippen MR) is 102 cm³/mol. The molecule has 1 aromatic heterocycles. The minimum atomic E-state index is -0.286. The Labute approximate surface area is 156 Å². The van der Waals surface area contributed by atoms with E-state index in [2.05, 4.69) is 15.5 Å². The minimum absolute atomic E-state index is 0.286. The molecule has 1 N–H and O–H groups in total. The van der Waals surface area contributed by atoms with Gasteiger partial charge in [0.15, 0.2) is 0 Å². The number of amides is 1. The highest BCUT2D eigenvalue weighted by Crippen LogP contribution is 2.15. The van der Waals surface area contributed by atoms with E-state index in [1.165, 1.54) is 0 Å². The van der Waals surface area contributed by atoms with Gasteiger partial charge in [-0.05, 0) is 59.7 Å². The molecule has 1 heterocycles. The Morgan fingerprint density at radius 3 is 2.42 bits per heavy atom. The van der Waals surface area contributed by atoms with Gasteiger partial charge in [-0.3, -0.25) is 9.78 Å². The molecule has 3 aromatic rings. The van der Waals surface area contributed by atoms with Crippen LogP contribution >= 0.6 is 11.6 Å². The fourth-order valence-corrected chi connectivity index (χ4v) is 2.26. The summed E-state index contributed by atoms with van der Waals surface area (Å²) < 4.78 is 5.72. The summed E-state index contributed by atoms with van der Waals surface area (Å²) in [5.74, 6) is 0.462. The Hall–Kier alpha value is -3.18. The Balaban J connectivity index is 1.51. The lowest BCUT2D eigenvalue weighted by Crippen LogP contribution is -2.17. The summed E-state index contributed by atoms with van der Waals surface area (Å²) in [6.07, 6.45) is 4.69. The van der Waals surface area contributed by atoms with Crippen molar-refractivity contribution in [1.29, 1.82) is 0 Å². The number of nitrogens with one attached hydrogen (secondary N) is 1. The lowest BCUT2D eigenvalue weighted by atomic mass is 10.2. The second-order valence-corrected chi connectivity index (χ2v) is 5.86. The van der Waals surface area contributed by atoms with Gasteiger partial charge in [0, 0.05) is 23.0 Å². The summed E-state index contributed by atoms with van der Waals surface area (Å²) in [6.45, 7) is 0.465. The van der Waals surface area contributed by atoms with E-state index >= 15 is 0 Å². The largest absolute Gasteiger partial charge is 0.489 e. The van der Waals surface area contributed by atoms with Gasteiger partial charge in [-0.1, -0.05) is 23.7 Å². The van der Waals surface area contributed by atoms with Crippen LogP contribution in [-0.4, -0.2) is 17.1 Å². The first-order valence-electron chi connectivity index (χ1n) is 7.91. The average molecular weight is 366 g/mol. The van der Waals surface area contributed by atoms with Crippen molar-refractivity contribution in [3.05, 3.63) is 94.8 Å². The number of hydrazone groups is 1. The third-order valence-corrected chi connectivity index (χ3v) is 3.77. The second kappa shape index (κ2) is 8.78. The molecule has 130 valence electrons. The van der Waals surface area contributed by atoms with E-state index in [4.69, 9.17) is 16.3 Å². The number of ether oxygens (including phenoxy) is 1. The topological polar surface area (TPSA) is 63.6 Å². The molecule has 0 bridgehead atoms. The van der Waals surface area contributed by atoms with Crippen molar-refractivity contribution in [2.45, 2.75) is 6.61 Å². The number of benzene rings is 2. The molecule has 0 spiro atoms. The van der Waals surface area contributed by atoms with Crippen molar-refractivity contribution in [2.75, 3.05) is 0 Å². The Kier molecular flexibility index (Phi) is 5.96. The number of carbonyl (C=O) groups is 1. The zero-order valence-electron chi connectivity index (χ0n) is 13.8. The fourth-order valence-electron chi connectivity index (χ4n) is 2.13. The number of hydrogen-bond acceptors (Lipinski definition) is 4. The normalized spacial score (nSPS) is 10.7. The van der Waals surface area contributed by atoms with Gasteiger partial charge in [-0.2, -0.15) is 5.10 Å². The van der Waals surface area contributed by atoms with Gasteiger partial charge in [-0.15, -0.1) is 0 Å². The van der Waals surface area contributed by atoms with E-state index in [9.17, 15) is 4.79 Å². The second-order valence-electron chi connectivity index (χ2n) is 5.42. The number of hydrogen-bond donors (Lipinski definition) is 1. The molecule has 0 saturated heterocycles. The molecule has 0 aliphatic carbocycles. The first kappa shape index (κ1) is 17.6. The summed E-state index contributed by atoms with van der Waals surface area (Å²) in [7, 11) is 0. The molecule has 0 radical (unpaired) electrons. The van der Waals surface area contributed by atoms with E-state index in [0.29, 0.717) is 17.2 Å². The standard InChI is InChI=1S/C20H16ClN3O2/c21-18-5-1-16(2-6-18)14-26-19-7-3-15(4-8-19)13-23-24-20(25)17-9-11-22-12-10-17/h1-13H,14H2,(H,24,25)/b23-13-. The third kappa shape index (κ3) is 5.16. The SMILES string of the molecule is O=C(N/N=C\c1ccc(OCc2ccc(Cl)cc2)cc1)c1ccncc1. The summed E-state index contributed by atoms with van der Waals surface area (Å²) >= 11 is 5.86. The summed E-state index contributed by atoms with van der Waals surface area (Å²) in [5, 5.41) is 4.65. The Morgan fingerprint density at radius 2 is 1.73 bits per heavy atom. The average Bonchev–Trinajstić information content (AvgIpc) is 2.69. The van der Waals surface area contributed by atoms with Crippen LogP contribution in [0, 0.1) is 0 Å². The van der Waals surface area contributed by atoms with E-state index < -0.39 is 0 Å². The van der Waals surface area contributed by atoms with Crippen LogP contribution in [0.25, 0.3) is 0 Å². The third-order valence-electron chi connectivity index (χ3n) is 3.52. The molecule has 0 fully saturated rings. The van der Waals surface area contributed by atoms with E-state index in [-0.39, 0.29) is 5.91 Å². The van der Waals surface area contributed by atoms with Crippen LogP contribution in [0.1, 0.15) is 21.5 Å². The molecule has 0 aliphatic heterocycles. The molecule has 1 amide bonds. The molecule has 3 rings (SSSR count). The van der Waals surface area contributed by atoms with Crippen molar-refractivity contribution < 1.29 is 9.53 Å². The van der Waals surface area contributed by atoms with Crippen molar-refractivity contribution in [3.8, 4) is 5.75 Å². The maximum Gasteiger partial charge on any atom is 0.271 e. The highest BCUT2D eigenvalue weighted by Gasteiger charge is 2.02. The van der Waals surface area contributed by atoms with Gasteiger partial charge in [-0.25, -0.2) is 5.43 Å². The number of nitrogens with zero attached hydrogens (tertiary/aromatic N) is 2. The van der Waals surface area contributed by atoms with Crippen molar-refractivity contribution in [3.63, 3.8) is 0 Å². The zero-order chi connectivity index (χ0) is 18.2. The van der Waals surface area contributed by atoms with Crippen molar-refractivity contribution in [2.24, 2.45) is 5.10 Å². The summed E-state index contributed by atoms with van der Waals surface area (Å²) in [6, 6.07) is 18.2. The van der Waals surface area contributed by atoms with Crippen molar-refractivity contribution in [1.82, 2.24) is 10.4 Å². The lowest BCUT2D eigenvalue weighted by Gasteiger charge is -2.06. The lowest BCUT2D eigenvalue weighted by molar-refractivity contribution is 0.0955. The molecular weight excluding hydrogens is 350 g/mol. The predicted octanol–water partition coefficient (Wildman–Crippen LogP) is 4.08. The van der Waals surface area contributed by atoms with E-state index in [1.54, 1.807) is 30.7 Å². The number of pyridine rings is 1. The van der Waals surface area contributed by atoms with E-state index in [1.807, 2.05) is 48.5 Å². The molecular formula is C20H16ClN3O2. The smallest absolute Gasteiger partial charge is 0.271 e. The summed E-state index contributed by atoms with van der Waals surface area (Å²) in [4.78, 5) is 15.7. The highest BCUT2D eigenvalue weighted by atomic mass is 35.5. The maximum atomic E-state index is 11.8. The summed E-state index contributed by atoms with van der Waals surface area (Å²) in [5.41, 5.74) is 4.86. The molecule has 26 heavy (non-hydrogen) atoms. The molecule has 0 atom stereocenters. The fraction of sp³-hybridized carbons (Fsp3) is 0.0500. The molecule has 6 heteroatoms. The quantitative estimate of drug-likeness (QED) is 0.529. The van der Waals surface area contributed by atoms with Crippen LogP contribution in [-0.2, 0) is 6.61 Å². The van der Waals surface area contributed by atoms with Gasteiger partial charge in [0.25, 0.3) is 5.91 Å². The number of halogens is 1. The van der Waals surface area contributed by atoms with Gasteiger partial charge < -0.3 is 4.74 Å². The van der Waals surface area contributed by atoms with Crippen molar-refractivity contribution >= 4 is 23.7 Å². The van der Waals surface area contributed by atoms with Crippen LogP contribution in [0.5, 0.6) is 5.75 Å². The molecule has 5 nitrogen and oxygen atoms in total. The molecule has 0 unspecified atom stereocenters. The highest BCUT2D eigenvalue weighted by molar-refractivity contribution is 6.30. The van der Waals surface area contributed by atoms with Gasteiger partial charge in [0.1, 0.15) is 12.4 Å². The van der Waals surface area contributed by atoms with Crippen LogP contribution in [0.4, 0.5) is 0 Å². The first-order chi connectivity index (χ1) is 12.7. The maximum absolute atomic E-state index is 11.8. The monoisotopic (exact) mass is 365 g/mol. The first-order valence-corrected chi connectivity index (χ1v) is 8.29. The van der Waals surface area contributed by atoms with Crippen LogP contribution in [0.2, 0.25) is 5.02 Å². The number of aromatic nitrogens is 1.